The van der Waals surface area contributed by atoms with Crippen LogP contribution in [0.4, 0.5) is 0 Å². The van der Waals surface area contributed by atoms with Gasteiger partial charge in [-0.25, -0.2) is 0 Å². The van der Waals surface area contributed by atoms with Crippen LogP contribution in [0.1, 0.15) is 273 Å². The SMILES string of the molecule is C.C/C=C(\C)CCC(CC)OCCCCCCCC.C=CCC(CCCC(=O)CCCCCCC/C=C\C/C=C\CCCCC)CN(C)CCCn1cccc1C.CCCCCCCCC. The van der Waals surface area contributed by atoms with E-state index >= 15 is 0 Å². The Balaban J connectivity index is -0.00000117. The maximum Gasteiger partial charge on any atom is 0.132 e. The van der Waals surface area contributed by atoms with Gasteiger partial charge in [0.1, 0.15) is 5.78 Å². The molecule has 388 valence electrons. The van der Waals surface area contributed by atoms with Gasteiger partial charge in [0, 0.05) is 44.4 Å². The van der Waals surface area contributed by atoms with Crippen molar-refractivity contribution in [2.45, 2.75) is 287 Å². The number of aromatic nitrogens is 1. The summed E-state index contributed by atoms with van der Waals surface area (Å²) in [5, 5.41) is 0. The molecule has 4 nitrogen and oxygen atoms in total. The van der Waals surface area contributed by atoms with Gasteiger partial charge in [0.25, 0.3) is 0 Å². The van der Waals surface area contributed by atoms with Gasteiger partial charge in [-0.1, -0.05) is 193 Å². The lowest BCUT2D eigenvalue weighted by molar-refractivity contribution is -0.119. The minimum atomic E-state index is 0. The van der Waals surface area contributed by atoms with Gasteiger partial charge >= 0.3 is 0 Å². The maximum absolute atomic E-state index is 12.4. The number of carbonyl (C=O) groups is 1. The molecule has 0 amide bonds. The average molecular weight is 924 g/mol. The summed E-state index contributed by atoms with van der Waals surface area (Å²) in [4.78, 5) is 14.8. The Morgan fingerprint density at radius 1 is 0.697 bits per heavy atom. The fourth-order valence-electron chi connectivity index (χ4n) is 8.26. The Bertz CT molecular complexity index is 1200. The fourth-order valence-corrected chi connectivity index (χ4v) is 8.26. The monoisotopic (exact) mass is 923 g/mol. The molecule has 1 aromatic rings. The Morgan fingerprint density at radius 3 is 1.77 bits per heavy atom. The molecule has 0 aromatic carbocycles. The number of ether oxygens (including phenoxy) is 1. The number of carbonyl (C=O) groups excluding carboxylic acids is 1. The predicted octanol–water partition coefficient (Wildman–Crippen LogP) is 20.1. The van der Waals surface area contributed by atoms with Crippen molar-refractivity contribution in [1.29, 1.82) is 0 Å². The predicted molar refractivity (Wildman–Crippen MR) is 300 cm³/mol. The van der Waals surface area contributed by atoms with Gasteiger partial charge in [-0.3, -0.25) is 4.79 Å². The minimum Gasteiger partial charge on any atom is -0.378 e. The number of Topliss-reactive ketones (excluding diaryl/α,β-unsaturated/α-hetero) is 1. The first-order valence-corrected chi connectivity index (χ1v) is 28.2. The number of nitrogens with zero attached hydrogens (tertiary/aromatic N) is 2. The number of unbranched alkanes of at least 4 members (excludes halogenated alkanes) is 19. The van der Waals surface area contributed by atoms with E-state index in [2.05, 4.69) is 127 Å². The van der Waals surface area contributed by atoms with Gasteiger partial charge in [-0.05, 0) is 142 Å². The van der Waals surface area contributed by atoms with E-state index < -0.39 is 0 Å². The second-order valence-corrected chi connectivity index (χ2v) is 19.4. The highest BCUT2D eigenvalue weighted by atomic mass is 16.5. The third-order valence-corrected chi connectivity index (χ3v) is 12.9. The van der Waals surface area contributed by atoms with E-state index in [1.54, 1.807) is 0 Å². The van der Waals surface area contributed by atoms with Gasteiger partial charge < -0.3 is 14.2 Å². The smallest absolute Gasteiger partial charge is 0.132 e. The van der Waals surface area contributed by atoms with Crippen molar-refractivity contribution < 1.29 is 9.53 Å². The largest absolute Gasteiger partial charge is 0.378 e. The number of hydrogen-bond acceptors (Lipinski definition) is 3. The van der Waals surface area contributed by atoms with Gasteiger partial charge in [-0.2, -0.15) is 0 Å². The molecular formula is C62H118N2O2. The summed E-state index contributed by atoms with van der Waals surface area (Å²) in [5.74, 6) is 1.07. The zero-order valence-corrected chi connectivity index (χ0v) is 45.4. The highest BCUT2D eigenvalue weighted by molar-refractivity contribution is 5.78. The lowest BCUT2D eigenvalue weighted by atomic mass is 9.96. The van der Waals surface area contributed by atoms with E-state index in [0.29, 0.717) is 17.8 Å². The molecule has 0 aliphatic carbocycles. The standard InChI is InChI=1S/C35H60N2O.C17H34O.C9H20.CH4/c1-5-7-8-9-10-11-12-13-14-15-16-17-18-19-20-27-35(38)28-21-26-34(24-6-2)32-36(4)29-23-31-37-30-22-25-33(37)3;1-5-8-9-10-11-12-15-18-17(7-3)14-13-16(4)6-2;1-3-5-7-9-8-6-4-2;/h6,10-11,13-14,22,25,30,34H,2,5,7-9,12,15-21,23-24,26-29,31-32H2,1,3-4H3;6,17H,5,7-15H2,1-4H3;3-9H2,1-2H3;1H4/b11-10-,14-13-;16-6+;;. The lowest BCUT2D eigenvalue weighted by Gasteiger charge is -2.23. The highest BCUT2D eigenvalue weighted by Crippen LogP contribution is 2.18. The van der Waals surface area contributed by atoms with E-state index in [0.717, 1.165) is 77.6 Å². The van der Waals surface area contributed by atoms with Crippen LogP contribution in [0.3, 0.4) is 0 Å². The van der Waals surface area contributed by atoms with Crippen LogP contribution in [-0.2, 0) is 16.1 Å². The molecule has 1 aromatic heterocycles. The van der Waals surface area contributed by atoms with Crippen LogP contribution in [-0.4, -0.2) is 48.1 Å². The van der Waals surface area contributed by atoms with Crippen molar-refractivity contribution in [1.82, 2.24) is 9.47 Å². The summed E-state index contributed by atoms with van der Waals surface area (Å²) >= 11 is 0. The van der Waals surface area contributed by atoms with Crippen molar-refractivity contribution in [2.75, 3.05) is 26.7 Å². The van der Waals surface area contributed by atoms with E-state index in [9.17, 15) is 4.79 Å². The third-order valence-electron chi connectivity index (χ3n) is 12.9. The fraction of sp³-hybridized carbons (Fsp3) is 0.790. The van der Waals surface area contributed by atoms with Crippen LogP contribution in [0.25, 0.3) is 0 Å². The second-order valence-electron chi connectivity index (χ2n) is 19.4. The van der Waals surface area contributed by atoms with Crippen molar-refractivity contribution in [2.24, 2.45) is 5.92 Å². The molecule has 1 heterocycles. The van der Waals surface area contributed by atoms with Crippen molar-refractivity contribution in [3.8, 4) is 0 Å². The van der Waals surface area contributed by atoms with E-state index in [4.69, 9.17) is 4.74 Å². The zero-order chi connectivity index (χ0) is 48.3. The summed E-state index contributed by atoms with van der Waals surface area (Å²) < 4.78 is 8.29. The number of ketones is 1. The van der Waals surface area contributed by atoms with Crippen molar-refractivity contribution >= 4 is 5.78 Å². The molecule has 66 heavy (non-hydrogen) atoms. The van der Waals surface area contributed by atoms with Gasteiger partial charge in [0.15, 0.2) is 0 Å². The Labute approximate surface area is 415 Å². The Morgan fingerprint density at radius 2 is 1.23 bits per heavy atom. The Kier molecular flexibility index (Phi) is 57.2. The molecular weight excluding hydrogens is 805 g/mol. The molecule has 2 unspecified atom stereocenters. The number of aryl methyl sites for hydroxylation is 2. The maximum atomic E-state index is 12.4. The third kappa shape index (κ3) is 49.7. The molecule has 0 N–H and O–H groups in total. The molecule has 0 saturated heterocycles. The molecule has 0 fully saturated rings. The first kappa shape index (κ1) is 68.1. The van der Waals surface area contributed by atoms with Gasteiger partial charge in [0.2, 0.25) is 0 Å². The van der Waals surface area contributed by atoms with Gasteiger partial charge in [-0.15, -0.1) is 6.58 Å². The molecule has 2 atom stereocenters. The topological polar surface area (TPSA) is 34.5 Å². The molecule has 0 saturated carbocycles. The van der Waals surface area contributed by atoms with Crippen LogP contribution in [0.15, 0.2) is 66.9 Å². The Hall–Kier alpha value is -2.17. The summed E-state index contributed by atoms with van der Waals surface area (Å²) in [6, 6.07) is 4.29. The zero-order valence-electron chi connectivity index (χ0n) is 45.4. The van der Waals surface area contributed by atoms with E-state index in [-0.39, 0.29) is 7.43 Å². The lowest BCUT2D eigenvalue weighted by Crippen LogP contribution is -2.27. The molecule has 0 spiro atoms. The summed E-state index contributed by atoms with van der Waals surface area (Å²) in [5.41, 5.74) is 2.82. The number of hydrogen-bond donors (Lipinski definition) is 0. The van der Waals surface area contributed by atoms with Gasteiger partial charge in [0.05, 0.1) is 6.10 Å². The highest BCUT2D eigenvalue weighted by Gasteiger charge is 2.12. The van der Waals surface area contributed by atoms with Crippen LogP contribution < -0.4 is 0 Å². The van der Waals surface area contributed by atoms with Crippen LogP contribution in [0, 0.1) is 12.8 Å². The summed E-state index contributed by atoms with van der Waals surface area (Å²) in [6.45, 7) is 26.0. The molecule has 4 heteroatoms. The number of allylic oxidation sites excluding steroid dienone is 7. The van der Waals surface area contributed by atoms with Crippen molar-refractivity contribution in [3.63, 3.8) is 0 Å². The molecule has 1 rings (SSSR count). The van der Waals surface area contributed by atoms with E-state index in [1.165, 1.54) is 172 Å². The molecule has 0 bridgehead atoms. The van der Waals surface area contributed by atoms with Crippen LogP contribution >= 0.6 is 0 Å². The van der Waals surface area contributed by atoms with Crippen LogP contribution in [0.2, 0.25) is 0 Å². The number of rotatable bonds is 44. The molecule has 0 aliphatic rings. The minimum absolute atomic E-state index is 0. The summed E-state index contributed by atoms with van der Waals surface area (Å²) in [7, 11) is 2.23. The second kappa shape index (κ2) is 55.4. The molecule has 0 radical (unpaired) electrons. The van der Waals surface area contributed by atoms with Crippen LogP contribution in [0.5, 0.6) is 0 Å². The first-order valence-electron chi connectivity index (χ1n) is 28.2. The quantitative estimate of drug-likeness (QED) is 0.0483. The normalized spacial score (nSPS) is 12.5. The summed E-state index contributed by atoms with van der Waals surface area (Å²) in [6.07, 6.45) is 57.2. The van der Waals surface area contributed by atoms with Crippen molar-refractivity contribution in [3.05, 3.63) is 72.6 Å². The van der Waals surface area contributed by atoms with E-state index in [1.807, 2.05) is 6.08 Å². The molecule has 0 aliphatic heterocycles. The first-order chi connectivity index (χ1) is 31.7. The average Bonchev–Trinajstić information content (AvgIpc) is 3.72.